The van der Waals surface area contributed by atoms with Crippen LogP contribution in [-0.2, 0) is 4.79 Å². The number of benzene rings is 1. The van der Waals surface area contributed by atoms with Crippen molar-refractivity contribution in [1.29, 1.82) is 0 Å². The molecule has 4 heteroatoms. The molecule has 3 nitrogen and oxygen atoms in total. The van der Waals surface area contributed by atoms with Gasteiger partial charge >= 0.3 is 0 Å². The summed E-state index contributed by atoms with van der Waals surface area (Å²) in [5.41, 5.74) is 1.96. The Kier molecular flexibility index (Phi) is 3.84. The molecule has 1 aliphatic rings. The van der Waals surface area contributed by atoms with Crippen molar-refractivity contribution in [3.63, 3.8) is 0 Å². The summed E-state index contributed by atoms with van der Waals surface area (Å²) >= 11 is 3.45. The largest absolute Gasteiger partial charge is 0.324 e. The Bertz CT molecular complexity index is 429. The van der Waals surface area contributed by atoms with Crippen LogP contribution >= 0.6 is 15.9 Å². The van der Waals surface area contributed by atoms with Gasteiger partial charge in [-0.25, -0.2) is 0 Å². The van der Waals surface area contributed by atoms with Crippen molar-refractivity contribution < 1.29 is 4.79 Å². The quantitative estimate of drug-likeness (QED) is 0.896. The summed E-state index contributed by atoms with van der Waals surface area (Å²) in [5, 5.41) is 6.32. The van der Waals surface area contributed by atoms with Crippen LogP contribution in [0.3, 0.4) is 0 Å². The zero-order chi connectivity index (χ0) is 12.4. The molecule has 0 saturated heterocycles. The second-order valence-electron chi connectivity index (χ2n) is 4.33. The monoisotopic (exact) mass is 296 g/mol. The fraction of sp³-hybridized carbons (Fsp3) is 0.462. The number of rotatable bonds is 4. The van der Waals surface area contributed by atoms with Crippen molar-refractivity contribution in [2.75, 3.05) is 5.32 Å². The molecule has 0 aromatic heterocycles. The molecule has 0 fully saturated rings. The van der Waals surface area contributed by atoms with E-state index < -0.39 is 0 Å². The summed E-state index contributed by atoms with van der Waals surface area (Å²) in [6.45, 7) is 4.27. The highest BCUT2D eigenvalue weighted by Gasteiger charge is 2.31. The van der Waals surface area contributed by atoms with Crippen LogP contribution in [0.2, 0.25) is 0 Å². The van der Waals surface area contributed by atoms with E-state index in [0.717, 1.165) is 28.6 Å². The molecule has 17 heavy (non-hydrogen) atoms. The van der Waals surface area contributed by atoms with Crippen LogP contribution in [0.25, 0.3) is 0 Å². The molecule has 1 unspecified atom stereocenters. The maximum absolute atomic E-state index is 11.9. The number of amides is 1. The number of carbonyl (C=O) groups excluding carboxylic acids is 1. The zero-order valence-corrected chi connectivity index (χ0v) is 11.7. The Labute approximate surface area is 110 Å². The van der Waals surface area contributed by atoms with Gasteiger partial charge < -0.3 is 5.32 Å². The molecule has 0 aliphatic carbocycles. The molecule has 1 atom stereocenters. The highest BCUT2D eigenvalue weighted by molar-refractivity contribution is 9.10. The number of carbonyl (C=O) groups is 1. The van der Waals surface area contributed by atoms with Crippen LogP contribution in [0.4, 0.5) is 5.69 Å². The van der Waals surface area contributed by atoms with Gasteiger partial charge in [0.05, 0.1) is 0 Å². The van der Waals surface area contributed by atoms with Gasteiger partial charge in [0.2, 0.25) is 5.91 Å². The predicted octanol–water partition coefficient (Wildman–Crippen LogP) is 3.22. The minimum atomic E-state index is -0.215. The first-order valence-electron chi connectivity index (χ1n) is 6.02. The van der Waals surface area contributed by atoms with Gasteiger partial charge in [0.25, 0.3) is 0 Å². The number of hydrogen-bond acceptors (Lipinski definition) is 2. The van der Waals surface area contributed by atoms with Crippen molar-refractivity contribution in [3.8, 4) is 0 Å². The predicted molar refractivity (Wildman–Crippen MR) is 73.0 cm³/mol. The number of hydrogen-bond donors (Lipinski definition) is 2. The first-order valence-corrected chi connectivity index (χ1v) is 6.81. The lowest BCUT2D eigenvalue weighted by Crippen LogP contribution is -2.35. The summed E-state index contributed by atoms with van der Waals surface area (Å²) in [6.07, 6.45) is 2.06. The second kappa shape index (κ2) is 5.19. The fourth-order valence-electron chi connectivity index (χ4n) is 2.16. The average molecular weight is 297 g/mol. The Morgan fingerprint density at radius 2 is 2.12 bits per heavy atom. The van der Waals surface area contributed by atoms with E-state index in [0.29, 0.717) is 6.04 Å². The van der Waals surface area contributed by atoms with E-state index in [4.69, 9.17) is 0 Å². The van der Waals surface area contributed by atoms with Crippen LogP contribution in [0.5, 0.6) is 0 Å². The Morgan fingerprint density at radius 3 is 2.76 bits per heavy atom. The van der Waals surface area contributed by atoms with E-state index in [9.17, 15) is 4.79 Å². The lowest BCUT2D eigenvalue weighted by atomic mass is 10.1. The third kappa shape index (κ3) is 2.53. The normalized spacial score (nSPS) is 18.4. The van der Waals surface area contributed by atoms with Crippen molar-refractivity contribution in [2.45, 2.75) is 38.8 Å². The maximum Gasteiger partial charge on any atom is 0.246 e. The zero-order valence-electron chi connectivity index (χ0n) is 10.1. The van der Waals surface area contributed by atoms with E-state index in [1.165, 1.54) is 0 Å². The molecule has 0 saturated carbocycles. The third-order valence-corrected chi connectivity index (χ3v) is 3.73. The van der Waals surface area contributed by atoms with Crippen molar-refractivity contribution in [2.24, 2.45) is 0 Å². The molecule has 0 radical (unpaired) electrons. The molecule has 1 aromatic rings. The van der Waals surface area contributed by atoms with Gasteiger partial charge in [-0.1, -0.05) is 29.8 Å². The fourth-order valence-corrected chi connectivity index (χ4v) is 2.54. The van der Waals surface area contributed by atoms with Gasteiger partial charge in [0.1, 0.15) is 6.04 Å². The lowest BCUT2D eigenvalue weighted by Gasteiger charge is -2.19. The minimum Gasteiger partial charge on any atom is -0.324 e. The molecule has 2 N–H and O–H groups in total. The summed E-state index contributed by atoms with van der Waals surface area (Å²) in [4.78, 5) is 11.9. The maximum atomic E-state index is 11.9. The average Bonchev–Trinajstić information content (AvgIpc) is 2.62. The van der Waals surface area contributed by atoms with Crippen LogP contribution < -0.4 is 10.6 Å². The van der Waals surface area contributed by atoms with Gasteiger partial charge in [0, 0.05) is 21.8 Å². The standard InChI is InChI=1S/C13H17BrN2O/c1-3-9(4-2)15-12-10-7-8(14)5-6-11(10)16-13(12)17/h5-7,9,12,15H,3-4H2,1-2H3,(H,16,17). The summed E-state index contributed by atoms with van der Waals surface area (Å²) in [5.74, 6) is 0.0463. The SMILES string of the molecule is CCC(CC)NC1C(=O)Nc2ccc(Br)cc21. The van der Waals surface area contributed by atoms with E-state index >= 15 is 0 Å². The molecule has 0 spiro atoms. The summed E-state index contributed by atoms with van der Waals surface area (Å²) < 4.78 is 1.00. The third-order valence-electron chi connectivity index (χ3n) is 3.23. The van der Waals surface area contributed by atoms with E-state index in [-0.39, 0.29) is 11.9 Å². The van der Waals surface area contributed by atoms with Gasteiger partial charge in [-0.15, -0.1) is 0 Å². The molecule has 92 valence electrons. The molecular weight excluding hydrogens is 280 g/mol. The van der Waals surface area contributed by atoms with Crippen molar-refractivity contribution in [3.05, 3.63) is 28.2 Å². The summed E-state index contributed by atoms with van der Waals surface area (Å²) in [6, 6.07) is 6.06. The van der Waals surface area contributed by atoms with E-state index in [2.05, 4.69) is 40.4 Å². The number of anilines is 1. The van der Waals surface area contributed by atoms with Gasteiger partial charge in [-0.3, -0.25) is 10.1 Å². The van der Waals surface area contributed by atoms with Gasteiger partial charge in [-0.05, 0) is 31.0 Å². The first kappa shape index (κ1) is 12.6. The number of nitrogens with one attached hydrogen (secondary N) is 2. The van der Waals surface area contributed by atoms with Crippen molar-refractivity contribution >= 4 is 27.5 Å². The van der Waals surface area contributed by atoms with Crippen LogP contribution in [-0.4, -0.2) is 11.9 Å². The van der Waals surface area contributed by atoms with Gasteiger partial charge in [-0.2, -0.15) is 0 Å². The lowest BCUT2D eigenvalue weighted by molar-refractivity contribution is -0.117. The molecule has 0 bridgehead atoms. The van der Waals surface area contributed by atoms with E-state index in [1.54, 1.807) is 0 Å². The Morgan fingerprint density at radius 1 is 1.41 bits per heavy atom. The molecule has 1 aliphatic heterocycles. The van der Waals surface area contributed by atoms with Crippen LogP contribution in [0.1, 0.15) is 38.3 Å². The first-order chi connectivity index (χ1) is 8.15. The minimum absolute atomic E-state index is 0.0463. The van der Waals surface area contributed by atoms with Crippen LogP contribution in [0.15, 0.2) is 22.7 Å². The van der Waals surface area contributed by atoms with E-state index in [1.807, 2.05) is 18.2 Å². The van der Waals surface area contributed by atoms with Gasteiger partial charge in [0.15, 0.2) is 0 Å². The smallest absolute Gasteiger partial charge is 0.246 e. The van der Waals surface area contributed by atoms with Crippen LogP contribution in [0, 0.1) is 0 Å². The molecule has 1 amide bonds. The number of fused-ring (bicyclic) bond motifs is 1. The second-order valence-corrected chi connectivity index (χ2v) is 5.25. The Balaban J connectivity index is 2.24. The molecule has 2 rings (SSSR count). The highest BCUT2D eigenvalue weighted by Crippen LogP contribution is 2.33. The molecular formula is C13H17BrN2O. The summed E-state index contributed by atoms with van der Waals surface area (Å²) in [7, 11) is 0. The molecule has 1 heterocycles. The highest BCUT2D eigenvalue weighted by atomic mass is 79.9. The topological polar surface area (TPSA) is 41.1 Å². The Hall–Kier alpha value is -0.870. The molecule has 1 aromatic carbocycles. The van der Waals surface area contributed by atoms with Crippen molar-refractivity contribution in [1.82, 2.24) is 5.32 Å². The number of halogens is 1.